The molecule has 142 valence electrons. The van der Waals surface area contributed by atoms with Crippen LogP contribution >= 0.6 is 15.9 Å². The number of amides is 1. The Labute approximate surface area is 167 Å². The summed E-state index contributed by atoms with van der Waals surface area (Å²) in [5.41, 5.74) is 1.60. The summed E-state index contributed by atoms with van der Waals surface area (Å²) in [5.74, 6) is 1.81. The Hall–Kier alpha value is -2.22. The van der Waals surface area contributed by atoms with Crippen LogP contribution in [-0.4, -0.2) is 65.0 Å². The highest BCUT2D eigenvalue weighted by Crippen LogP contribution is 2.22. The molecule has 2 saturated heterocycles. The summed E-state index contributed by atoms with van der Waals surface area (Å²) in [7, 11) is 0. The van der Waals surface area contributed by atoms with E-state index in [4.69, 9.17) is 4.98 Å². The molecule has 0 N–H and O–H groups in total. The largest absolute Gasteiger partial charge is 0.356 e. The van der Waals surface area contributed by atoms with E-state index in [-0.39, 0.29) is 5.91 Å². The second kappa shape index (κ2) is 7.80. The average molecular weight is 431 g/mol. The third-order valence-corrected chi connectivity index (χ3v) is 5.49. The van der Waals surface area contributed by atoms with Gasteiger partial charge in [-0.25, -0.2) is 4.98 Å². The summed E-state index contributed by atoms with van der Waals surface area (Å²) in [6.07, 6.45) is 5.75. The zero-order chi connectivity index (χ0) is 18.8. The molecule has 0 spiro atoms. The molecule has 1 amide bonds. The summed E-state index contributed by atoms with van der Waals surface area (Å²) in [6.45, 7) is 6.93. The van der Waals surface area contributed by atoms with Gasteiger partial charge in [-0.2, -0.15) is 4.98 Å². The summed E-state index contributed by atoms with van der Waals surface area (Å²) >= 11 is 3.37. The van der Waals surface area contributed by atoms with Crippen molar-refractivity contribution in [3.63, 3.8) is 0 Å². The lowest BCUT2D eigenvalue weighted by Crippen LogP contribution is -2.49. The molecule has 0 aromatic carbocycles. The van der Waals surface area contributed by atoms with Gasteiger partial charge in [0.05, 0.1) is 5.56 Å². The van der Waals surface area contributed by atoms with Crippen LogP contribution in [0.25, 0.3) is 0 Å². The standard InChI is InChI=1S/C19H23BrN6O/c1-14-10-17(24-4-2-3-5-24)23-19(22-14)26-8-6-25(7-9-26)18(27)15-11-16(20)13-21-12-15/h10-13H,2-9H2,1H3. The van der Waals surface area contributed by atoms with Crippen LogP contribution in [0.4, 0.5) is 11.8 Å². The molecular weight excluding hydrogens is 408 g/mol. The molecular formula is C19H23BrN6O. The van der Waals surface area contributed by atoms with Crippen molar-refractivity contribution in [3.8, 4) is 0 Å². The maximum absolute atomic E-state index is 12.7. The van der Waals surface area contributed by atoms with Gasteiger partial charge in [0.1, 0.15) is 5.82 Å². The van der Waals surface area contributed by atoms with Gasteiger partial charge in [-0.15, -0.1) is 0 Å². The Bertz CT molecular complexity index is 831. The van der Waals surface area contributed by atoms with Crippen LogP contribution in [-0.2, 0) is 0 Å². The molecule has 2 fully saturated rings. The van der Waals surface area contributed by atoms with Crippen LogP contribution in [0.3, 0.4) is 0 Å². The van der Waals surface area contributed by atoms with Gasteiger partial charge in [0, 0.05) is 67.9 Å². The molecule has 0 unspecified atom stereocenters. The van der Waals surface area contributed by atoms with Gasteiger partial charge >= 0.3 is 0 Å². The van der Waals surface area contributed by atoms with Crippen molar-refractivity contribution in [1.82, 2.24) is 19.9 Å². The highest BCUT2D eigenvalue weighted by molar-refractivity contribution is 9.10. The van der Waals surface area contributed by atoms with Crippen LogP contribution < -0.4 is 9.80 Å². The maximum atomic E-state index is 12.7. The number of rotatable bonds is 3. The number of piperazine rings is 1. The number of nitrogens with zero attached hydrogens (tertiary/aromatic N) is 6. The van der Waals surface area contributed by atoms with E-state index in [9.17, 15) is 4.79 Å². The highest BCUT2D eigenvalue weighted by atomic mass is 79.9. The molecule has 0 saturated carbocycles. The maximum Gasteiger partial charge on any atom is 0.255 e. The molecule has 7 nitrogen and oxygen atoms in total. The van der Waals surface area contributed by atoms with Crippen LogP contribution in [0.15, 0.2) is 29.0 Å². The number of carbonyl (C=O) groups excluding carboxylic acids is 1. The summed E-state index contributed by atoms with van der Waals surface area (Å²) in [5, 5.41) is 0. The highest BCUT2D eigenvalue weighted by Gasteiger charge is 2.25. The second-order valence-corrected chi connectivity index (χ2v) is 7.95. The molecule has 4 heterocycles. The molecule has 0 bridgehead atoms. The third-order valence-electron chi connectivity index (χ3n) is 5.06. The van der Waals surface area contributed by atoms with E-state index in [2.05, 4.69) is 41.8 Å². The monoisotopic (exact) mass is 430 g/mol. The van der Waals surface area contributed by atoms with Gasteiger partial charge in [0.2, 0.25) is 5.95 Å². The van der Waals surface area contributed by atoms with Crippen LogP contribution in [0.2, 0.25) is 0 Å². The molecule has 8 heteroatoms. The lowest BCUT2D eigenvalue weighted by molar-refractivity contribution is 0.0745. The quantitative estimate of drug-likeness (QED) is 0.744. The fourth-order valence-electron chi connectivity index (χ4n) is 3.61. The first-order valence-corrected chi connectivity index (χ1v) is 10.1. The first kappa shape index (κ1) is 18.2. The number of halogens is 1. The van der Waals surface area contributed by atoms with Crippen molar-refractivity contribution in [2.24, 2.45) is 0 Å². The molecule has 0 atom stereocenters. The van der Waals surface area contributed by atoms with Crippen LogP contribution in [0.5, 0.6) is 0 Å². The number of hydrogen-bond donors (Lipinski definition) is 0. The number of aryl methyl sites for hydroxylation is 1. The van der Waals surface area contributed by atoms with Gasteiger partial charge in [-0.05, 0) is 41.8 Å². The van der Waals surface area contributed by atoms with Gasteiger partial charge in [0.15, 0.2) is 0 Å². The minimum Gasteiger partial charge on any atom is -0.356 e. The lowest BCUT2D eigenvalue weighted by Gasteiger charge is -2.35. The molecule has 2 aliphatic rings. The SMILES string of the molecule is Cc1cc(N2CCCC2)nc(N2CCN(C(=O)c3cncc(Br)c3)CC2)n1. The Morgan fingerprint density at radius 1 is 0.963 bits per heavy atom. The minimum atomic E-state index is 0.0198. The number of anilines is 2. The van der Waals surface area contributed by atoms with E-state index in [1.807, 2.05) is 17.9 Å². The fraction of sp³-hybridized carbons (Fsp3) is 0.474. The first-order chi connectivity index (χ1) is 13.1. The number of carbonyl (C=O) groups is 1. The first-order valence-electron chi connectivity index (χ1n) is 9.35. The van der Waals surface area contributed by atoms with Gasteiger partial charge in [-0.1, -0.05) is 0 Å². The second-order valence-electron chi connectivity index (χ2n) is 7.03. The molecule has 2 aromatic heterocycles. The Morgan fingerprint density at radius 3 is 2.41 bits per heavy atom. The van der Waals surface area contributed by atoms with E-state index in [1.165, 1.54) is 12.8 Å². The molecule has 0 aliphatic carbocycles. The summed E-state index contributed by atoms with van der Waals surface area (Å²) in [6, 6.07) is 3.88. The van der Waals surface area contributed by atoms with Crippen molar-refractivity contribution in [3.05, 3.63) is 40.3 Å². The van der Waals surface area contributed by atoms with Gasteiger partial charge in [0.25, 0.3) is 5.91 Å². The van der Waals surface area contributed by atoms with Crippen molar-refractivity contribution in [2.45, 2.75) is 19.8 Å². The van der Waals surface area contributed by atoms with Crippen molar-refractivity contribution >= 4 is 33.6 Å². The Kier molecular flexibility index (Phi) is 5.24. The normalized spacial score (nSPS) is 17.5. The Morgan fingerprint density at radius 2 is 1.70 bits per heavy atom. The van der Waals surface area contributed by atoms with E-state index in [0.717, 1.165) is 48.1 Å². The number of aromatic nitrogens is 3. The molecule has 2 aromatic rings. The topological polar surface area (TPSA) is 65.5 Å². The zero-order valence-electron chi connectivity index (χ0n) is 15.4. The van der Waals surface area contributed by atoms with E-state index >= 15 is 0 Å². The average Bonchev–Trinajstić information content (AvgIpc) is 3.22. The van der Waals surface area contributed by atoms with Gasteiger partial charge in [-0.3, -0.25) is 9.78 Å². The van der Waals surface area contributed by atoms with Crippen molar-refractivity contribution in [2.75, 3.05) is 49.1 Å². The smallest absolute Gasteiger partial charge is 0.255 e. The lowest BCUT2D eigenvalue weighted by atomic mass is 10.2. The number of pyridine rings is 1. The van der Waals surface area contributed by atoms with E-state index in [0.29, 0.717) is 18.7 Å². The minimum absolute atomic E-state index is 0.0198. The molecule has 2 aliphatic heterocycles. The van der Waals surface area contributed by atoms with Crippen molar-refractivity contribution in [1.29, 1.82) is 0 Å². The van der Waals surface area contributed by atoms with Crippen LogP contribution in [0, 0.1) is 6.92 Å². The molecule has 27 heavy (non-hydrogen) atoms. The molecule has 4 rings (SSSR count). The number of hydrogen-bond acceptors (Lipinski definition) is 6. The Balaban J connectivity index is 1.44. The van der Waals surface area contributed by atoms with Crippen LogP contribution in [0.1, 0.15) is 28.9 Å². The predicted molar refractivity (Wildman–Crippen MR) is 108 cm³/mol. The van der Waals surface area contributed by atoms with Crippen molar-refractivity contribution < 1.29 is 4.79 Å². The van der Waals surface area contributed by atoms with Gasteiger partial charge < -0.3 is 14.7 Å². The summed E-state index contributed by atoms with van der Waals surface area (Å²) < 4.78 is 0.814. The summed E-state index contributed by atoms with van der Waals surface area (Å²) in [4.78, 5) is 32.6. The fourth-order valence-corrected chi connectivity index (χ4v) is 3.97. The molecule has 0 radical (unpaired) electrons. The third kappa shape index (κ3) is 4.05. The zero-order valence-corrected chi connectivity index (χ0v) is 17.0. The van der Waals surface area contributed by atoms with E-state index in [1.54, 1.807) is 12.4 Å². The predicted octanol–water partition coefficient (Wildman–Crippen LogP) is 2.51. The van der Waals surface area contributed by atoms with E-state index < -0.39 is 0 Å².